The van der Waals surface area contributed by atoms with Gasteiger partial charge < -0.3 is 9.30 Å². The highest BCUT2D eigenvalue weighted by Gasteiger charge is 2.04. The van der Waals surface area contributed by atoms with Crippen LogP contribution in [0, 0.1) is 11.3 Å². The smallest absolute Gasteiger partial charge is 0.146 e. The Morgan fingerprint density at radius 1 is 1.53 bits per heavy atom. The van der Waals surface area contributed by atoms with Gasteiger partial charge in [-0.1, -0.05) is 11.6 Å². The average Bonchev–Trinajstić information content (AvgIpc) is 2.72. The lowest BCUT2D eigenvalue weighted by Crippen LogP contribution is -2.02. The summed E-state index contributed by atoms with van der Waals surface area (Å²) >= 11 is 5.90. The number of halogens is 1. The molecule has 0 spiro atoms. The number of hydrogen-bond donors (Lipinski definition) is 0. The highest BCUT2D eigenvalue weighted by Crippen LogP contribution is 2.22. The van der Waals surface area contributed by atoms with Gasteiger partial charge in [0.2, 0.25) is 0 Å². The molecule has 5 heteroatoms. The number of aromatic nitrogens is 2. The Kier molecular flexibility index (Phi) is 3.31. The molecule has 1 aromatic carbocycles. The molecule has 86 valence electrons. The molecule has 0 unspecified atom stereocenters. The predicted molar refractivity (Wildman–Crippen MR) is 63.7 cm³/mol. The van der Waals surface area contributed by atoms with Crippen molar-refractivity contribution in [2.75, 3.05) is 0 Å². The fraction of sp³-hybridized carbons (Fsp3) is 0.167. The molecule has 0 amide bonds. The molecule has 1 heterocycles. The molecular formula is C12H10ClN3O. The highest BCUT2D eigenvalue weighted by molar-refractivity contribution is 6.31. The number of ether oxygens (including phenoxy) is 1. The predicted octanol–water partition coefficient (Wildman–Crippen LogP) is 2.52. The van der Waals surface area contributed by atoms with Crippen molar-refractivity contribution in [2.24, 2.45) is 7.05 Å². The lowest BCUT2D eigenvalue weighted by Gasteiger charge is -2.06. The molecule has 2 rings (SSSR count). The molecule has 0 aliphatic carbocycles. The SMILES string of the molecule is Cn1ccnc1COc1ccc(C#N)c(Cl)c1. The van der Waals surface area contributed by atoms with Crippen molar-refractivity contribution in [1.82, 2.24) is 9.55 Å². The van der Waals surface area contributed by atoms with Crippen LogP contribution in [0.25, 0.3) is 0 Å². The Labute approximate surface area is 104 Å². The Bertz CT molecular complexity index is 571. The minimum absolute atomic E-state index is 0.367. The van der Waals surface area contributed by atoms with E-state index >= 15 is 0 Å². The maximum Gasteiger partial charge on any atom is 0.146 e. The molecule has 1 aromatic heterocycles. The van der Waals surface area contributed by atoms with Crippen LogP contribution in [0.15, 0.2) is 30.6 Å². The number of imidazole rings is 1. The topological polar surface area (TPSA) is 50.8 Å². The summed E-state index contributed by atoms with van der Waals surface area (Å²) in [6.45, 7) is 0.367. The summed E-state index contributed by atoms with van der Waals surface area (Å²) in [5.74, 6) is 1.45. The van der Waals surface area contributed by atoms with Crippen molar-refractivity contribution in [3.63, 3.8) is 0 Å². The summed E-state index contributed by atoms with van der Waals surface area (Å²) in [5, 5.41) is 9.13. The van der Waals surface area contributed by atoms with Crippen molar-refractivity contribution < 1.29 is 4.74 Å². The van der Waals surface area contributed by atoms with Crippen molar-refractivity contribution in [3.8, 4) is 11.8 Å². The van der Waals surface area contributed by atoms with Crippen LogP contribution in [0.2, 0.25) is 5.02 Å². The third kappa shape index (κ3) is 2.58. The molecule has 0 radical (unpaired) electrons. The van der Waals surface area contributed by atoms with Crippen LogP contribution in [-0.2, 0) is 13.7 Å². The molecule has 17 heavy (non-hydrogen) atoms. The fourth-order valence-corrected chi connectivity index (χ4v) is 1.57. The first-order chi connectivity index (χ1) is 8.20. The van der Waals surface area contributed by atoms with E-state index in [0.29, 0.717) is 22.9 Å². The Morgan fingerprint density at radius 2 is 2.35 bits per heavy atom. The van der Waals surface area contributed by atoms with Gasteiger partial charge >= 0.3 is 0 Å². The van der Waals surface area contributed by atoms with Crippen LogP contribution >= 0.6 is 11.6 Å². The zero-order valence-electron chi connectivity index (χ0n) is 9.22. The van der Waals surface area contributed by atoms with E-state index in [-0.39, 0.29) is 0 Å². The number of hydrogen-bond acceptors (Lipinski definition) is 3. The van der Waals surface area contributed by atoms with E-state index in [0.717, 1.165) is 5.82 Å². The maximum atomic E-state index is 8.74. The van der Waals surface area contributed by atoms with Gasteiger partial charge in [-0.2, -0.15) is 5.26 Å². The molecule has 0 N–H and O–H groups in total. The molecule has 0 bridgehead atoms. The number of aryl methyl sites for hydroxylation is 1. The maximum absolute atomic E-state index is 8.74. The summed E-state index contributed by atoms with van der Waals surface area (Å²) in [6, 6.07) is 6.98. The van der Waals surface area contributed by atoms with Crippen molar-refractivity contribution in [2.45, 2.75) is 6.61 Å². The van der Waals surface area contributed by atoms with E-state index in [1.807, 2.05) is 23.9 Å². The van der Waals surface area contributed by atoms with Crippen LogP contribution in [0.3, 0.4) is 0 Å². The minimum Gasteiger partial charge on any atom is -0.486 e. The van der Waals surface area contributed by atoms with Crippen LogP contribution in [0.5, 0.6) is 5.75 Å². The van der Waals surface area contributed by atoms with Gasteiger partial charge in [-0.05, 0) is 12.1 Å². The summed E-state index contributed by atoms with van der Waals surface area (Å²) in [6.07, 6.45) is 3.56. The second-order valence-electron chi connectivity index (χ2n) is 3.50. The number of benzene rings is 1. The van der Waals surface area contributed by atoms with Crippen LogP contribution in [0.4, 0.5) is 0 Å². The van der Waals surface area contributed by atoms with Crippen LogP contribution in [-0.4, -0.2) is 9.55 Å². The van der Waals surface area contributed by atoms with Gasteiger partial charge in [0, 0.05) is 25.5 Å². The van der Waals surface area contributed by atoms with E-state index in [1.165, 1.54) is 0 Å². The lowest BCUT2D eigenvalue weighted by atomic mass is 10.2. The molecular weight excluding hydrogens is 238 g/mol. The van der Waals surface area contributed by atoms with Crippen molar-refractivity contribution in [3.05, 3.63) is 47.0 Å². The first kappa shape index (κ1) is 11.5. The van der Waals surface area contributed by atoms with Crippen LogP contribution < -0.4 is 4.74 Å². The molecule has 2 aromatic rings. The van der Waals surface area contributed by atoms with Crippen molar-refractivity contribution in [1.29, 1.82) is 5.26 Å². The third-order valence-corrected chi connectivity index (χ3v) is 2.66. The number of rotatable bonds is 3. The second kappa shape index (κ2) is 4.89. The normalized spacial score (nSPS) is 9.94. The molecule has 0 saturated carbocycles. The van der Waals surface area contributed by atoms with E-state index in [9.17, 15) is 0 Å². The lowest BCUT2D eigenvalue weighted by molar-refractivity contribution is 0.292. The standard InChI is InChI=1S/C12H10ClN3O/c1-16-5-4-15-12(16)8-17-10-3-2-9(7-14)11(13)6-10/h2-6H,8H2,1H3. The highest BCUT2D eigenvalue weighted by atomic mass is 35.5. The summed E-state index contributed by atoms with van der Waals surface area (Å²) < 4.78 is 7.41. The van der Waals surface area contributed by atoms with E-state index < -0.39 is 0 Å². The Hall–Kier alpha value is -1.99. The zero-order valence-corrected chi connectivity index (χ0v) is 9.98. The Morgan fingerprint density at radius 3 is 2.94 bits per heavy atom. The van der Waals surface area contributed by atoms with Crippen LogP contribution in [0.1, 0.15) is 11.4 Å². The van der Waals surface area contributed by atoms with Crippen molar-refractivity contribution >= 4 is 11.6 Å². The first-order valence-electron chi connectivity index (χ1n) is 4.99. The van der Waals surface area contributed by atoms with Gasteiger partial charge in [0.15, 0.2) is 0 Å². The van der Waals surface area contributed by atoms with Gasteiger partial charge in [0.1, 0.15) is 24.3 Å². The quantitative estimate of drug-likeness (QED) is 0.838. The average molecular weight is 248 g/mol. The summed E-state index contributed by atoms with van der Waals surface area (Å²) in [5.41, 5.74) is 0.441. The second-order valence-corrected chi connectivity index (χ2v) is 3.90. The number of nitrogens with zero attached hydrogens (tertiary/aromatic N) is 3. The molecule has 0 atom stereocenters. The van der Waals surface area contributed by atoms with Gasteiger partial charge in [-0.25, -0.2) is 4.98 Å². The van der Waals surface area contributed by atoms with E-state index in [2.05, 4.69) is 4.98 Å². The molecule has 0 saturated heterocycles. The van der Waals surface area contributed by atoms with E-state index in [1.54, 1.807) is 24.4 Å². The number of nitriles is 1. The molecule has 4 nitrogen and oxygen atoms in total. The zero-order chi connectivity index (χ0) is 12.3. The summed E-state index contributed by atoms with van der Waals surface area (Å²) in [7, 11) is 1.90. The molecule has 0 fully saturated rings. The minimum atomic E-state index is 0.367. The van der Waals surface area contributed by atoms with Gasteiger partial charge in [-0.15, -0.1) is 0 Å². The fourth-order valence-electron chi connectivity index (χ4n) is 1.36. The summed E-state index contributed by atoms with van der Waals surface area (Å²) in [4.78, 5) is 4.14. The molecule has 0 aliphatic heterocycles. The first-order valence-corrected chi connectivity index (χ1v) is 5.37. The largest absolute Gasteiger partial charge is 0.486 e. The monoisotopic (exact) mass is 247 g/mol. The molecule has 0 aliphatic rings. The van der Waals surface area contributed by atoms with Gasteiger partial charge in [-0.3, -0.25) is 0 Å². The van der Waals surface area contributed by atoms with E-state index in [4.69, 9.17) is 21.6 Å². The Balaban J connectivity index is 2.08. The van der Waals surface area contributed by atoms with Gasteiger partial charge in [0.25, 0.3) is 0 Å². The third-order valence-electron chi connectivity index (χ3n) is 2.35. The van der Waals surface area contributed by atoms with Gasteiger partial charge in [0.05, 0.1) is 10.6 Å².